The molecule has 19 heavy (non-hydrogen) atoms. The van der Waals surface area contributed by atoms with E-state index in [1.807, 2.05) is 43.3 Å². The first-order valence-corrected chi connectivity index (χ1v) is 6.85. The molecule has 0 aliphatic rings. The van der Waals surface area contributed by atoms with Crippen molar-refractivity contribution in [1.29, 1.82) is 0 Å². The molecule has 1 aromatic carbocycles. The number of hydrogen-bond donors (Lipinski definition) is 1. The molecule has 0 fully saturated rings. The highest BCUT2D eigenvalue weighted by Gasteiger charge is 2.06. The molecule has 1 aromatic heterocycles. The molecule has 1 N–H and O–H groups in total. The summed E-state index contributed by atoms with van der Waals surface area (Å²) in [6.45, 7) is 1.89. The van der Waals surface area contributed by atoms with Crippen molar-refractivity contribution in [3.63, 3.8) is 0 Å². The van der Waals surface area contributed by atoms with E-state index in [-0.39, 0.29) is 5.75 Å². The molecule has 0 saturated carbocycles. The third-order valence-corrected chi connectivity index (χ3v) is 3.32. The van der Waals surface area contributed by atoms with Gasteiger partial charge in [0.25, 0.3) is 0 Å². The average Bonchev–Trinajstić information content (AvgIpc) is 2.37. The molecule has 0 radical (unpaired) electrons. The molecule has 5 heteroatoms. The number of carboxylic acids is 1. The van der Waals surface area contributed by atoms with Gasteiger partial charge in [0.1, 0.15) is 10.9 Å². The Bertz CT molecular complexity index is 573. The molecule has 4 nitrogen and oxygen atoms in total. The Morgan fingerprint density at radius 1 is 1.26 bits per heavy atom. The number of carboxylic acid groups (broad SMARTS) is 1. The van der Waals surface area contributed by atoms with Crippen molar-refractivity contribution in [2.75, 3.05) is 5.75 Å². The lowest BCUT2D eigenvalue weighted by molar-refractivity contribution is -0.133. The minimum atomic E-state index is -0.842. The van der Waals surface area contributed by atoms with E-state index < -0.39 is 5.97 Å². The maximum Gasteiger partial charge on any atom is 0.313 e. The quantitative estimate of drug-likeness (QED) is 0.670. The molecule has 0 saturated heterocycles. The molecule has 98 valence electrons. The maximum atomic E-state index is 10.6. The van der Waals surface area contributed by atoms with E-state index in [1.54, 1.807) is 0 Å². The van der Waals surface area contributed by atoms with Gasteiger partial charge < -0.3 is 5.11 Å². The second kappa shape index (κ2) is 6.33. The fourth-order valence-corrected chi connectivity index (χ4v) is 2.36. The first-order chi connectivity index (χ1) is 9.13. The van der Waals surface area contributed by atoms with Gasteiger partial charge in [-0.05, 0) is 18.6 Å². The lowest BCUT2D eigenvalue weighted by Crippen LogP contribution is -2.02. The number of nitrogens with zero attached hydrogens (tertiary/aromatic N) is 2. The minimum Gasteiger partial charge on any atom is -0.481 e. The topological polar surface area (TPSA) is 63.1 Å². The van der Waals surface area contributed by atoms with Crippen LogP contribution in [0.25, 0.3) is 0 Å². The Morgan fingerprint density at radius 2 is 2.00 bits per heavy atom. The molecule has 0 unspecified atom stereocenters. The maximum absolute atomic E-state index is 10.6. The highest BCUT2D eigenvalue weighted by molar-refractivity contribution is 7.99. The average molecular weight is 274 g/mol. The molecule has 0 spiro atoms. The highest BCUT2D eigenvalue weighted by Crippen LogP contribution is 2.17. The van der Waals surface area contributed by atoms with Crippen LogP contribution in [-0.4, -0.2) is 26.8 Å². The van der Waals surface area contributed by atoms with E-state index in [9.17, 15) is 4.79 Å². The second-order valence-corrected chi connectivity index (χ2v) is 5.10. The van der Waals surface area contributed by atoms with Gasteiger partial charge in [-0.25, -0.2) is 9.97 Å². The van der Waals surface area contributed by atoms with Gasteiger partial charge >= 0.3 is 5.97 Å². The zero-order chi connectivity index (χ0) is 13.7. The van der Waals surface area contributed by atoms with E-state index in [1.165, 1.54) is 11.8 Å². The van der Waals surface area contributed by atoms with E-state index in [2.05, 4.69) is 9.97 Å². The zero-order valence-electron chi connectivity index (χ0n) is 10.5. The summed E-state index contributed by atoms with van der Waals surface area (Å²) in [7, 11) is 0. The molecule has 2 rings (SSSR count). The molecule has 0 bridgehead atoms. The molecular weight excluding hydrogens is 260 g/mol. The summed E-state index contributed by atoms with van der Waals surface area (Å²) in [6, 6.07) is 11.8. The fraction of sp³-hybridized carbons (Fsp3) is 0.214. The lowest BCUT2D eigenvalue weighted by Gasteiger charge is -2.05. The Labute approximate surface area is 115 Å². The van der Waals surface area contributed by atoms with Gasteiger partial charge in [-0.2, -0.15) is 0 Å². The summed E-state index contributed by atoms with van der Waals surface area (Å²) >= 11 is 1.22. The highest BCUT2D eigenvalue weighted by atomic mass is 32.2. The summed E-state index contributed by atoms with van der Waals surface area (Å²) in [4.78, 5) is 19.3. The van der Waals surface area contributed by atoms with Gasteiger partial charge in [0.15, 0.2) is 0 Å². The number of aromatic nitrogens is 2. The lowest BCUT2D eigenvalue weighted by atomic mass is 10.1. The SMILES string of the molecule is Cc1cc(SCC(=O)O)nc(Cc2ccccc2)n1. The van der Waals surface area contributed by atoms with Gasteiger partial charge in [0.2, 0.25) is 0 Å². The van der Waals surface area contributed by atoms with E-state index in [4.69, 9.17) is 5.11 Å². The van der Waals surface area contributed by atoms with Crippen LogP contribution < -0.4 is 0 Å². The molecule has 0 aliphatic heterocycles. The predicted molar refractivity (Wildman–Crippen MR) is 74.4 cm³/mol. The smallest absolute Gasteiger partial charge is 0.313 e. The van der Waals surface area contributed by atoms with Crippen LogP contribution in [0.1, 0.15) is 17.1 Å². The molecular formula is C14H14N2O2S. The minimum absolute atomic E-state index is 0.0151. The molecule has 1 heterocycles. The van der Waals surface area contributed by atoms with Crippen molar-refractivity contribution in [3.05, 3.63) is 53.5 Å². The number of aliphatic carboxylic acids is 1. The van der Waals surface area contributed by atoms with Crippen LogP contribution in [0.5, 0.6) is 0 Å². The molecule has 0 atom stereocenters. The molecule has 0 aliphatic carbocycles. The number of carbonyl (C=O) groups is 1. The first-order valence-electron chi connectivity index (χ1n) is 5.86. The van der Waals surface area contributed by atoms with Gasteiger partial charge in [-0.15, -0.1) is 0 Å². The van der Waals surface area contributed by atoms with Crippen LogP contribution in [-0.2, 0) is 11.2 Å². The predicted octanol–water partition coefficient (Wildman–Crippen LogP) is 2.55. The Balaban J connectivity index is 2.14. The standard InChI is InChI=1S/C14H14N2O2S/c1-10-7-13(19-9-14(17)18)16-12(15-10)8-11-5-3-2-4-6-11/h2-7H,8-9H2,1H3,(H,17,18). The third-order valence-electron chi connectivity index (χ3n) is 2.43. The first kappa shape index (κ1) is 13.5. The third kappa shape index (κ3) is 4.37. The molecule has 2 aromatic rings. The van der Waals surface area contributed by atoms with Crippen LogP contribution in [0.4, 0.5) is 0 Å². The van der Waals surface area contributed by atoms with Crippen LogP contribution in [0.2, 0.25) is 0 Å². The second-order valence-electron chi connectivity index (χ2n) is 4.11. The van der Waals surface area contributed by atoms with Gasteiger partial charge in [-0.1, -0.05) is 42.1 Å². The summed E-state index contributed by atoms with van der Waals surface area (Å²) in [6.07, 6.45) is 0.656. The Hall–Kier alpha value is -1.88. The van der Waals surface area contributed by atoms with E-state index in [0.717, 1.165) is 17.1 Å². The van der Waals surface area contributed by atoms with Gasteiger partial charge in [0, 0.05) is 12.1 Å². The van der Waals surface area contributed by atoms with Crippen molar-refractivity contribution in [2.45, 2.75) is 18.4 Å². The Morgan fingerprint density at radius 3 is 2.68 bits per heavy atom. The van der Waals surface area contributed by atoms with Crippen LogP contribution in [0.3, 0.4) is 0 Å². The number of benzene rings is 1. The summed E-state index contributed by atoms with van der Waals surface area (Å²) < 4.78 is 0. The summed E-state index contributed by atoms with van der Waals surface area (Å²) in [5.74, 6) is -0.105. The summed E-state index contributed by atoms with van der Waals surface area (Å²) in [5, 5.41) is 9.39. The number of aryl methyl sites for hydroxylation is 1. The van der Waals surface area contributed by atoms with Crippen LogP contribution in [0, 0.1) is 6.92 Å². The van der Waals surface area contributed by atoms with E-state index >= 15 is 0 Å². The monoisotopic (exact) mass is 274 g/mol. The van der Waals surface area contributed by atoms with Crippen LogP contribution >= 0.6 is 11.8 Å². The number of rotatable bonds is 5. The van der Waals surface area contributed by atoms with Crippen molar-refractivity contribution in [3.8, 4) is 0 Å². The van der Waals surface area contributed by atoms with Gasteiger partial charge in [-0.3, -0.25) is 4.79 Å². The van der Waals surface area contributed by atoms with E-state index in [0.29, 0.717) is 11.4 Å². The Kier molecular flexibility index (Phi) is 4.52. The largest absolute Gasteiger partial charge is 0.481 e. The van der Waals surface area contributed by atoms with Crippen molar-refractivity contribution in [2.24, 2.45) is 0 Å². The van der Waals surface area contributed by atoms with Crippen LogP contribution in [0.15, 0.2) is 41.4 Å². The van der Waals surface area contributed by atoms with Gasteiger partial charge in [0.05, 0.1) is 5.75 Å². The number of thioether (sulfide) groups is 1. The normalized spacial score (nSPS) is 10.4. The number of hydrogen-bond acceptors (Lipinski definition) is 4. The van der Waals surface area contributed by atoms with Crippen molar-refractivity contribution >= 4 is 17.7 Å². The molecule has 0 amide bonds. The zero-order valence-corrected chi connectivity index (χ0v) is 11.4. The fourth-order valence-electron chi connectivity index (χ4n) is 1.67. The van der Waals surface area contributed by atoms with Crippen molar-refractivity contribution in [1.82, 2.24) is 9.97 Å². The van der Waals surface area contributed by atoms with Crippen molar-refractivity contribution < 1.29 is 9.90 Å². The summed E-state index contributed by atoms with van der Waals surface area (Å²) in [5.41, 5.74) is 2.00.